The summed E-state index contributed by atoms with van der Waals surface area (Å²) in [5.41, 5.74) is 0. The normalized spacial score (nSPS) is 18.2. The number of piperidine rings is 1. The highest BCUT2D eigenvalue weighted by atomic mass is 16.5. The Morgan fingerprint density at radius 2 is 2.06 bits per heavy atom. The minimum atomic E-state index is -0.0979. The van der Waals surface area contributed by atoms with E-state index < -0.39 is 0 Å². The predicted molar refractivity (Wildman–Crippen MR) is 69.0 cm³/mol. The first-order chi connectivity index (χ1) is 8.22. The summed E-state index contributed by atoms with van der Waals surface area (Å²) >= 11 is 0. The van der Waals surface area contributed by atoms with Crippen LogP contribution < -0.4 is 5.32 Å². The number of hydrogen-bond acceptors (Lipinski definition) is 4. The Labute approximate surface area is 105 Å². The highest BCUT2D eigenvalue weighted by molar-refractivity contribution is 5.69. The van der Waals surface area contributed by atoms with Gasteiger partial charge in [0.05, 0.1) is 13.0 Å². The van der Waals surface area contributed by atoms with Crippen LogP contribution in [-0.4, -0.2) is 50.7 Å². The average Bonchev–Trinajstić information content (AvgIpc) is 2.31. The van der Waals surface area contributed by atoms with Gasteiger partial charge in [0.25, 0.3) is 0 Å². The largest absolute Gasteiger partial charge is 0.466 e. The van der Waals surface area contributed by atoms with Gasteiger partial charge in [-0.3, -0.25) is 4.79 Å². The zero-order valence-corrected chi connectivity index (χ0v) is 11.2. The molecular formula is C13H26N2O2. The Morgan fingerprint density at radius 3 is 2.71 bits per heavy atom. The summed E-state index contributed by atoms with van der Waals surface area (Å²) < 4.78 is 4.87. The fourth-order valence-corrected chi connectivity index (χ4v) is 2.21. The van der Waals surface area contributed by atoms with Gasteiger partial charge >= 0.3 is 5.97 Å². The van der Waals surface area contributed by atoms with E-state index in [1.165, 1.54) is 32.4 Å². The van der Waals surface area contributed by atoms with Gasteiger partial charge in [-0.1, -0.05) is 0 Å². The second-order valence-corrected chi connectivity index (χ2v) is 4.84. The smallest absolute Gasteiger partial charge is 0.307 e. The maximum atomic E-state index is 11.1. The van der Waals surface area contributed by atoms with E-state index in [2.05, 4.69) is 17.3 Å². The molecule has 1 aliphatic heterocycles. The van der Waals surface area contributed by atoms with Crippen LogP contribution in [0.2, 0.25) is 0 Å². The third kappa shape index (κ3) is 6.64. The summed E-state index contributed by atoms with van der Waals surface area (Å²) in [5, 5.41) is 3.32. The topological polar surface area (TPSA) is 41.6 Å². The SMILES string of the molecule is CCOC(=O)CCNCCC1CCN(C)CC1. The molecule has 0 aromatic carbocycles. The van der Waals surface area contributed by atoms with E-state index in [-0.39, 0.29) is 5.97 Å². The first-order valence-electron chi connectivity index (χ1n) is 6.77. The number of esters is 1. The molecule has 0 aromatic rings. The molecule has 4 nitrogen and oxygen atoms in total. The molecular weight excluding hydrogens is 216 g/mol. The van der Waals surface area contributed by atoms with Crippen molar-refractivity contribution in [1.29, 1.82) is 0 Å². The molecule has 0 amide bonds. The van der Waals surface area contributed by atoms with Crippen LogP contribution in [0.5, 0.6) is 0 Å². The summed E-state index contributed by atoms with van der Waals surface area (Å²) in [7, 11) is 2.19. The van der Waals surface area contributed by atoms with Crippen LogP contribution in [0.25, 0.3) is 0 Å². The predicted octanol–water partition coefficient (Wildman–Crippen LogP) is 1.26. The van der Waals surface area contributed by atoms with Crippen LogP contribution >= 0.6 is 0 Å². The van der Waals surface area contributed by atoms with Crippen molar-refractivity contribution in [2.24, 2.45) is 5.92 Å². The standard InChI is InChI=1S/C13H26N2O2/c1-3-17-13(16)5-9-14-8-4-12-6-10-15(2)11-7-12/h12,14H,3-11H2,1-2H3. The van der Waals surface area contributed by atoms with E-state index in [4.69, 9.17) is 4.74 Å². The third-order valence-electron chi connectivity index (χ3n) is 3.38. The molecule has 100 valence electrons. The lowest BCUT2D eigenvalue weighted by molar-refractivity contribution is -0.142. The molecule has 0 aromatic heterocycles. The first-order valence-corrected chi connectivity index (χ1v) is 6.77. The van der Waals surface area contributed by atoms with Gasteiger partial charge in [0, 0.05) is 6.54 Å². The lowest BCUT2D eigenvalue weighted by Crippen LogP contribution is -2.31. The summed E-state index contributed by atoms with van der Waals surface area (Å²) in [6.45, 7) is 6.54. The Morgan fingerprint density at radius 1 is 1.35 bits per heavy atom. The molecule has 0 radical (unpaired) electrons. The van der Waals surface area contributed by atoms with E-state index in [0.717, 1.165) is 19.0 Å². The quantitative estimate of drug-likeness (QED) is 0.539. The van der Waals surface area contributed by atoms with Crippen molar-refractivity contribution >= 4 is 5.97 Å². The Balaban J connectivity index is 1.92. The van der Waals surface area contributed by atoms with Crippen LogP contribution in [0.4, 0.5) is 0 Å². The fourth-order valence-electron chi connectivity index (χ4n) is 2.21. The maximum absolute atomic E-state index is 11.1. The maximum Gasteiger partial charge on any atom is 0.307 e. The van der Waals surface area contributed by atoms with Crippen LogP contribution in [0.1, 0.15) is 32.6 Å². The second kappa shape index (κ2) is 8.48. The molecule has 1 saturated heterocycles. The molecule has 1 heterocycles. The third-order valence-corrected chi connectivity index (χ3v) is 3.38. The Hall–Kier alpha value is -0.610. The van der Waals surface area contributed by atoms with E-state index in [0.29, 0.717) is 13.0 Å². The number of rotatable bonds is 7. The average molecular weight is 242 g/mol. The second-order valence-electron chi connectivity index (χ2n) is 4.84. The summed E-state index contributed by atoms with van der Waals surface area (Å²) in [4.78, 5) is 13.5. The van der Waals surface area contributed by atoms with Crippen LogP contribution in [0, 0.1) is 5.92 Å². The van der Waals surface area contributed by atoms with Gasteiger partial charge in [-0.05, 0) is 58.8 Å². The number of nitrogens with one attached hydrogen (secondary N) is 1. The van der Waals surface area contributed by atoms with E-state index in [1.54, 1.807) is 0 Å². The van der Waals surface area contributed by atoms with Crippen molar-refractivity contribution in [3.8, 4) is 0 Å². The van der Waals surface area contributed by atoms with Crippen molar-refractivity contribution < 1.29 is 9.53 Å². The summed E-state index contributed by atoms with van der Waals surface area (Å²) in [6.07, 6.45) is 4.35. The van der Waals surface area contributed by atoms with Crippen molar-refractivity contribution in [2.45, 2.75) is 32.6 Å². The lowest BCUT2D eigenvalue weighted by atomic mass is 9.94. The fraction of sp³-hybridized carbons (Fsp3) is 0.923. The Bertz CT molecular complexity index is 213. The summed E-state index contributed by atoms with van der Waals surface area (Å²) in [6, 6.07) is 0. The van der Waals surface area contributed by atoms with Gasteiger partial charge < -0.3 is 15.0 Å². The monoisotopic (exact) mass is 242 g/mol. The van der Waals surface area contributed by atoms with Crippen molar-refractivity contribution in [2.75, 3.05) is 39.8 Å². The number of ether oxygens (including phenoxy) is 1. The van der Waals surface area contributed by atoms with Crippen LogP contribution in [-0.2, 0) is 9.53 Å². The number of hydrogen-bond donors (Lipinski definition) is 1. The van der Waals surface area contributed by atoms with Gasteiger partial charge in [-0.15, -0.1) is 0 Å². The van der Waals surface area contributed by atoms with E-state index in [9.17, 15) is 4.79 Å². The van der Waals surface area contributed by atoms with Crippen molar-refractivity contribution in [3.63, 3.8) is 0 Å². The highest BCUT2D eigenvalue weighted by Gasteiger charge is 2.15. The number of carbonyl (C=O) groups excluding carboxylic acids is 1. The van der Waals surface area contributed by atoms with E-state index >= 15 is 0 Å². The van der Waals surface area contributed by atoms with Gasteiger partial charge in [-0.2, -0.15) is 0 Å². The molecule has 0 aliphatic carbocycles. The molecule has 0 bridgehead atoms. The number of likely N-dealkylation sites (tertiary alicyclic amines) is 1. The first kappa shape index (κ1) is 14.5. The molecule has 1 rings (SSSR count). The van der Waals surface area contributed by atoms with E-state index in [1.807, 2.05) is 6.92 Å². The minimum Gasteiger partial charge on any atom is -0.466 e. The Kier molecular flexibility index (Phi) is 7.21. The molecule has 0 saturated carbocycles. The van der Waals surface area contributed by atoms with Gasteiger partial charge in [0.2, 0.25) is 0 Å². The van der Waals surface area contributed by atoms with Gasteiger partial charge in [-0.25, -0.2) is 0 Å². The molecule has 1 fully saturated rings. The molecule has 0 spiro atoms. The molecule has 17 heavy (non-hydrogen) atoms. The van der Waals surface area contributed by atoms with Crippen LogP contribution in [0.3, 0.4) is 0 Å². The zero-order valence-electron chi connectivity index (χ0n) is 11.2. The lowest BCUT2D eigenvalue weighted by Gasteiger charge is -2.28. The zero-order chi connectivity index (χ0) is 12.5. The van der Waals surface area contributed by atoms with Gasteiger partial charge in [0.1, 0.15) is 0 Å². The number of carbonyl (C=O) groups is 1. The van der Waals surface area contributed by atoms with Gasteiger partial charge in [0.15, 0.2) is 0 Å². The molecule has 1 N–H and O–H groups in total. The molecule has 0 atom stereocenters. The number of nitrogens with zero attached hydrogens (tertiary/aromatic N) is 1. The van der Waals surface area contributed by atoms with Crippen molar-refractivity contribution in [1.82, 2.24) is 10.2 Å². The molecule has 0 unspecified atom stereocenters. The van der Waals surface area contributed by atoms with Crippen molar-refractivity contribution in [3.05, 3.63) is 0 Å². The minimum absolute atomic E-state index is 0.0979. The summed E-state index contributed by atoms with van der Waals surface area (Å²) in [5.74, 6) is 0.764. The molecule has 1 aliphatic rings. The molecule has 4 heteroatoms. The van der Waals surface area contributed by atoms with Crippen LogP contribution in [0.15, 0.2) is 0 Å². The highest BCUT2D eigenvalue weighted by Crippen LogP contribution is 2.18.